The van der Waals surface area contributed by atoms with Gasteiger partial charge in [0.2, 0.25) is 0 Å². The van der Waals surface area contributed by atoms with Gasteiger partial charge < -0.3 is 4.74 Å². The zero-order valence-electron chi connectivity index (χ0n) is 9.61. The second-order valence-electron chi connectivity index (χ2n) is 3.58. The molecule has 94 valence electrons. The molecule has 0 saturated carbocycles. The summed E-state index contributed by atoms with van der Waals surface area (Å²) < 4.78 is 18.7. The number of hydrogen-bond acceptors (Lipinski definition) is 2. The largest absolute Gasteiger partial charge is 0.490 e. The topological polar surface area (TPSA) is 9.23 Å². The van der Waals surface area contributed by atoms with Crippen LogP contribution >= 0.6 is 23.4 Å². The van der Waals surface area contributed by atoms with Gasteiger partial charge in [0.05, 0.1) is 6.61 Å². The molecule has 0 aromatic heterocycles. The summed E-state index contributed by atoms with van der Waals surface area (Å²) in [6, 6.07) is 14.4. The Kier molecular flexibility index (Phi) is 4.90. The summed E-state index contributed by atoms with van der Waals surface area (Å²) in [7, 11) is 0. The van der Waals surface area contributed by atoms with Crippen LogP contribution < -0.4 is 4.74 Å². The molecule has 0 fully saturated rings. The van der Waals surface area contributed by atoms with Crippen molar-refractivity contribution in [3.05, 3.63) is 59.4 Å². The van der Waals surface area contributed by atoms with Crippen LogP contribution in [0.3, 0.4) is 0 Å². The fourth-order valence-corrected chi connectivity index (χ4v) is 2.33. The number of hydrogen-bond donors (Lipinski definition) is 0. The second-order valence-corrected chi connectivity index (χ2v) is 5.19. The zero-order valence-corrected chi connectivity index (χ0v) is 11.2. The molecule has 0 aliphatic carbocycles. The number of rotatable bonds is 5. The smallest absolute Gasteiger partial charge is 0.166 e. The Labute approximate surface area is 115 Å². The minimum Gasteiger partial charge on any atom is -0.490 e. The van der Waals surface area contributed by atoms with Gasteiger partial charge in [0.25, 0.3) is 0 Å². The predicted octanol–water partition coefficient (Wildman–Crippen LogP) is 4.65. The molecule has 0 heterocycles. The van der Waals surface area contributed by atoms with Crippen LogP contribution in [0.15, 0.2) is 53.4 Å². The third-order valence-corrected chi connectivity index (χ3v) is 3.46. The van der Waals surface area contributed by atoms with Crippen molar-refractivity contribution >= 4 is 23.4 Å². The Morgan fingerprint density at radius 3 is 2.61 bits per heavy atom. The van der Waals surface area contributed by atoms with Crippen LogP contribution in [-0.4, -0.2) is 12.4 Å². The number of halogens is 2. The van der Waals surface area contributed by atoms with E-state index in [4.69, 9.17) is 16.3 Å². The lowest BCUT2D eigenvalue weighted by molar-refractivity contribution is 0.325. The van der Waals surface area contributed by atoms with Crippen LogP contribution in [0.25, 0.3) is 0 Å². The van der Waals surface area contributed by atoms with Gasteiger partial charge in [-0.2, -0.15) is 0 Å². The van der Waals surface area contributed by atoms with Crippen LogP contribution in [0.4, 0.5) is 4.39 Å². The Bertz CT molecular complexity index is 504. The van der Waals surface area contributed by atoms with Gasteiger partial charge in [-0.25, -0.2) is 4.39 Å². The van der Waals surface area contributed by atoms with Gasteiger partial charge in [0.15, 0.2) is 11.6 Å². The molecule has 2 aromatic carbocycles. The van der Waals surface area contributed by atoms with Gasteiger partial charge in [0, 0.05) is 15.7 Å². The molecular weight excluding hydrogens is 271 g/mol. The highest BCUT2D eigenvalue weighted by molar-refractivity contribution is 7.99. The summed E-state index contributed by atoms with van der Waals surface area (Å²) in [5, 5.41) is 0.374. The lowest BCUT2D eigenvalue weighted by atomic mass is 10.3. The van der Waals surface area contributed by atoms with E-state index in [0.717, 1.165) is 5.75 Å². The van der Waals surface area contributed by atoms with Crippen molar-refractivity contribution in [3.8, 4) is 5.75 Å². The van der Waals surface area contributed by atoms with E-state index in [9.17, 15) is 4.39 Å². The van der Waals surface area contributed by atoms with E-state index in [1.54, 1.807) is 23.9 Å². The summed E-state index contributed by atoms with van der Waals surface area (Å²) in [6.45, 7) is 0.456. The third kappa shape index (κ3) is 3.93. The molecule has 0 saturated heterocycles. The van der Waals surface area contributed by atoms with Crippen molar-refractivity contribution < 1.29 is 9.13 Å². The first-order chi connectivity index (χ1) is 8.75. The Balaban J connectivity index is 1.79. The molecule has 0 N–H and O–H groups in total. The molecule has 0 radical (unpaired) electrons. The van der Waals surface area contributed by atoms with Crippen molar-refractivity contribution in [2.45, 2.75) is 4.90 Å². The summed E-state index contributed by atoms with van der Waals surface area (Å²) in [5.41, 5.74) is 0. The highest BCUT2D eigenvalue weighted by Crippen LogP contribution is 2.22. The average molecular weight is 283 g/mol. The lowest BCUT2D eigenvalue weighted by Gasteiger charge is -2.07. The van der Waals surface area contributed by atoms with Gasteiger partial charge >= 0.3 is 0 Å². The van der Waals surface area contributed by atoms with Crippen LogP contribution in [0, 0.1) is 5.82 Å². The highest BCUT2D eigenvalue weighted by atomic mass is 35.5. The van der Waals surface area contributed by atoms with Crippen molar-refractivity contribution in [2.75, 3.05) is 12.4 Å². The van der Waals surface area contributed by atoms with E-state index in [2.05, 4.69) is 0 Å². The predicted molar refractivity (Wildman–Crippen MR) is 74.1 cm³/mol. The molecular formula is C14H12ClFOS. The first-order valence-corrected chi connectivity index (χ1v) is 6.88. The molecule has 0 aliphatic rings. The lowest BCUT2D eigenvalue weighted by Crippen LogP contribution is -2.01. The van der Waals surface area contributed by atoms with E-state index >= 15 is 0 Å². The molecule has 0 unspecified atom stereocenters. The van der Waals surface area contributed by atoms with E-state index < -0.39 is 5.82 Å². The van der Waals surface area contributed by atoms with Crippen molar-refractivity contribution in [3.63, 3.8) is 0 Å². The number of thioether (sulfide) groups is 1. The molecule has 0 amide bonds. The maximum Gasteiger partial charge on any atom is 0.166 e. The van der Waals surface area contributed by atoms with E-state index in [1.807, 2.05) is 30.3 Å². The van der Waals surface area contributed by atoms with Gasteiger partial charge in [-0.1, -0.05) is 29.8 Å². The van der Waals surface area contributed by atoms with E-state index in [-0.39, 0.29) is 5.75 Å². The monoisotopic (exact) mass is 282 g/mol. The van der Waals surface area contributed by atoms with Crippen LogP contribution in [-0.2, 0) is 0 Å². The summed E-state index contributed by atoms with van der Waals surface area (Å²) in [6.07, 6.45) is 0. The van der Waals surface area contributed by atoms with Crippen molar-refractivity contribution in [1.82, 2.24) is 0 Å². The molecule has 2 rings (SSSR count). The first-order valence-electron chi connectivity index (χ1n) is 5.51. The minimum atomic E-state index is -0.424. The second kappa shape index (κ2) is 6.66. The maximum atomic E-state index is 13.4. The molecule has 0 spiro atoms. The third-order valence-electron chi connectivity index (χ3n) is 2.25. The molecule has 4 heteroatoms. The normalized spacial score (nSPS) is 10.3. The van der Waals surface area contributed by atoms with Gasteiger partial charge in [0.1, 0.15) is 0 Å². The SMILES string of the molecule is Fc1cc(Cl)ccc1OCCSc1ccccc1. The highest BCUT2D eigenvalue weighted by Gasteiger charge is 2.03. The van der Waals surface area contributed by atoms with Gasteiger partial charge in [-0.3, -0.25) is 0 Å². The molecule has 0 aliphatic heterocycles. The molecule has 18 heavy (non-hydrogen) atoms. The van der Waals surface area contributed by atoms with E-state index in [0.29, 0.717) is 11.6 Å². The van der Waals surface area contributed by atoms with Crippen LogP contribution in [0.1, 0.15) is 0 Å². The van der Waals surface area contributed by atoms with Gasteiger partial charge in [-0.05, 0) is 30.3 Å². The quantitative estimate of drug-likeness (QED) is 0.583. The molecule has 1 nitrogen and oxygen atoms in total. The van der Waals surface area contributed by atoms with Crippen molar-refractivity contribution in [1.29, 1.82) is 0 Å². The molecule has 2 aromatic rings. The Morgan fingerprint density at radius 1 is 1.11 bits per heavy atom. The average Bonchev–Trinajstić information content (AvgIpc) is 2.38. The summed E-state index contributed by atoms with van der Waals surface area (Å²) in [5.74, 6) is 0.590. The zero-order chi connectivity index (χ0) is 12.8. The molecule has 0 bridgehead atoms. The number of benzene rings is 2. The Hall–Kier alpha value is -1.19. The fraction of sp³-hybridized carbons (Fsp3) is 0.143. The van der Waals surface area contributed by atoms with Crippen molar-refractivity contribution in [2.24, 2.45) is 0 Å². The van der Waals surface area contributed by atoms with Gasteiger partial charge in [-0.15, -0.1) is 11.8 Å². The number of ether oxygens (including phenoxy) is 1. The fourth-order valence-electron chi connectivity index (χ4n) is 1.42. The van der Waals surface area contributed by atoms with E-state index in [1.165, 1.54) is 11.0 Å². The minimum absolute atomic E-state index is 0.244. The maximum absolute atomic E-state index is 13.4. The van der Waals surface area contributed by atoms with Crippen LogP contribution in [0.5, 0.6) is 5.75 Å². The molecule has 0 atom stereocenters. The van der Waals surface area contributed by atoms with Crippen LogP contribution in [0.2, 0.25) is 5.02 Å². The first kappa shape index (κ1) is 13.2. The summed E-state index contributed by atoms with van der Waals surface area (Å²) in [4.78, 5) is 1.18. The summed E-state index contributed by atoms with van der Waals surface area (Å²) >= 11 is 7.33. The Morgan fingerprint density at radius 2 is 1.89 bits per heavy atom. The standard InChI is InChI=1S/C14H12ClFOS/c15-11-6-7-14(13(16)10-11)17-8-9-18-12-4-2-1-3-5-12/h1-7,10H,8-9H2.